The molecule has 0 bridgehead atoms. The molecule has 0 radical (unpaired) electrons. The predicted molar refractivity (Wildman–Crippen MR) is 96.2 cm³/mol. The van der Waals surface area contributed by atoms with Crippen LogP contribution in [0.25, 0.3) is 0 Å². The van der Waals surface area contributed by atoms with E-state index in [-0.39, 0.29) is 12.7 Å². The number of likely N-dealkylation sites (N-methyl/N-ethyl adjacent to an activating group) is 1. The van der Waals surface area contributed by atoms with Gasteiger partial charge in [0.1, 0.15) is 6.54 Å². The molecular formula is C19H23N2O5+. The second-order valence-electron chi connectivity index (χ2n) is 6.12. The van der Waals surface area contributed by atoms with Crippen LogP contribution in [0.4, 0.5) is 5.69 Å². The largest absolute Gasteiger partial charge is 0.493 e. The maximum absolute atomic E-state index is 12.3. The van der Waals surface area contributed by atoms with Crippen molar-refractivity contribution in [2.24, 2.45) is 0 Å². The molecule has 26 heavy (non-hydrogen) atoms. The molecule has 0 aliphatic carbocycles. The first kappa shape index (κ1) is 17.9. The van der Waals surface area contributed by atoms with Gasteiger partial charge in [-0.2, -0.15) is 0 Å². The van der Waals surface area contributed by atoms with Crippen molar-refractivity contribution in [3.05, 3.63) is 42.0 Å². The van der Waals surface area contributed by atoms with E-state index in [4.69, 9.17) is 18.9 Å². The van der Waals surface area contributed by atoms with Crippen molar-refractivity contribution < 1.29 is 28.6 Å². The maximum Gasteiger partial charge on any atom is 0.279 e. The monoisotopic (exact) mass is 359 g/mol. The van der Waals surface area contributed by atoms with Crippen molar-refractivity contribution in [1.29, 1.82) is 0 Å². The molecule has 1 aliphatic heterocycles. The van der Waals surface area contributed by atoms with Gasteiger partial charge in [0.15, 0.2) is 29.5 Å². The zero-order chi connectivity index (χ0) is 18.5. The van der Waals surface area contributed by atoms with Crippen LogP contribution in [-0.4, -0.2) is 40.5 Å². The first-order valence-corrected chi connectivity index (χ1v) is 8.30. The van der Waals surface area contributed by atoms with Gasteiger partial charge in [-0.15, -0.1) is 0 Å². The Morgan fingerprint density at radius 3 is 2.62 bits per heavy atom. The lowest BCUT2D eigenvalue weighted by Crippen LogP contribution is -3.08. The maximum atomic E-state index is 12.3. The number of amides is 1. The Hall–Kier alpha value is -2.93. The zero-order valence-corrected chi connectivity index (χ0v) is 15.1. The second kappa shape index (κ2) is 7.97. The molecule has 7 nitrogen and oxygen atoms in total. The van der Waals surface area contributed by atoms with Crippen molar-refractivity contribution in [3.63, 3.8) is 0 Å². The Bertz CT molecular complexity index is 793. The van der Waals surface area contributed by atoms with E-state index >= 15 is 0 Å². The SMILES string of the molecule is COc1ccc(NC(=O)C[NH+](C)Cc2ccc3c(c2)OCO3)cc1OC. The van der Waals surface area contributed by atoms with E-state index in [1.807, 2.05) is 25.2 Å². The summed E-state index contributed by atoms with van der Waals surface area (Å²) >= 11 is 0. The Morgan fingerprint density at radius 1 is 1.08 bits per heavy atom. The fraction of sp³-hybridized carbons (Fsp3) is 0.316. The fourth-order valence-electron chi connectivity index (χ4n) is 2.86. The van der Waals surface area contributed by atoms with E-state index in [1.54, 1.807) is 32.4 Å². The normalized spacial score (nSPS) is 13.2. The number of rotatable bonds is 7. The third kappa shape index (κ3) is 4.18. The summed E-state index contributed by atoms with van der Waals surface area (Å²) in [4.78, 5) is 13.4. The molecule has 0 saturated carbocycles. The average Bonchev–Trinajstić information content (AvgIpc) is 3.09. The summed E-state index contributed by atoms with van der Waals surface area (Å²) in [7, 11) is 5.11. The minimum absolute atomic E-state index is 0.0736. The van der Waals surface area contributed by atoms with E-state index in [0.717, 1.165) is 22.0 Å². The summed E-state index contributed by atoms with van der Waals surface area (Å²) in [5.41, 5.74) is 1.76. The van der Waals surface area contributed by atoms with Gasteiger partial charge < -0.3 is 29.2 Å². The highest BCUT2D eigenvalue weighted by Gasteiger charge is 2.16. The summed E-state index contributed by atoms with van der Waals surface area (Å²) in [5, 5.41) is 2.89. The van der Waals surface area contributed by atoms with Gasteiger partial charge in [-0.1, -0.05) is 0 Å². The molecule has 1 atom stereocenters. The van der Waals surface area contributed by atoms with E-state index in [9.17, 15) is 4.79 Å². The second-order valence-corrected chi connectivity index (χ2v) is 6.12. The zero-order valence-electron chi connectivity index (χ0n) is 15.1. The van der Waals surface area contributed by atoms with Crippen LogP contribution < -0.4 is 29.2 Å². The first-order chi connectivity index (χ1) is 12.6. The molecule has 7 heteroatoms. The number of hydrogen-bond acceptors (Lipinski definition) is 5. The van der Waals surface area contributed by atoms with Crippen LogP contribution in [-0.2, 0) is 11.3 Å². The van der Waals surface area contributed by atoms with Crippen molar-refractivity contribution >= 4 is 11.6 Å². The molecule has 138 valence electrons. The van der Waals surface area contributed by atoms with Crippen LogP contribution in [0.1, 0.15) is 5.56 Å². The smallest absolute Gasteiger partial charge is 0.279 e. The number of quaternary nitrogens is 1. The molecule has 0 saturated heterocycles. The lowest BCUT2D eigenvalue weighted by molar-refractivity contribution is -0.885. The third-order valence-corrected chi connectivity index (χ3v) is 4.07. The molecule has 2 aromatic carbocycles. The Balaban J connectivity index is 1.56. The number of benzene rings is 2. The van der Waals surface area contributed by atoms with Crippen molar-refractivity contribution in [2.75, 3.05) is 39.9 Å². The molecule has 0 aromatic heterocycles. The molecule has 3 rings (SSSR count). The highest BCUT2D eigenvalue weighted by atomic mass is 16.7. The predicted octanol–water partition coefficient (Wildman–Crippen LogP) is 1.09. The van der Waals surface area contributed by atoms with Crippen molar-refractivity contribution in [3.8, 4) is 23.0 Å². The minimum Gasteiger partial charge on any atom is -0.493 e. The molecule has 0 fully saturated rings. The molecule has 1 heterocycles. The van der Waals surface area contributed by atoms with Crippen LogP contribution >= 0.6 is 0 Å². The number of carbonyl (C=O) groups is 1. The summed E-state index contributed by atoms with van der Waals surface area (Å²) in [6.45, 7) is 1.30. The molecule has 2 N–H and O–H groups in total. The van der Waals surface area contributed by atoms with E-state index in [0.29, 0.717) is 30.3 Å². The minimum atomic E-state index is -0.0736. The van der Waals surface area contributed by atoms with Gasteiger partial charge in [0.05, 0.1) is 21.3 Å². The summed E-state index contributed by atoms with van der Waals surface area (Å²) in [6, 6.07) is 11.1. The van der Waals surface area contributed by atoms with Crippen LogP contribution in [0, 0.1) is 0 Å². The molecule has 2 aromatic rings. The van der Waals surface area contributed by atoms with Gasteiger partial charge in [-0.05, 0) is 30.3 Å². The number of fused-ring (bicyclic) bond motifs is 1. The van der Waals surface area contributed by atoms with Gasteiger partial charge in [0, 0.05) is 17.3 Å². The van der Waals surface area contributed by atoms with Gasteiger partial charge in [0.2, 0.25) is 6.79 Å². The van der Waals surface area contributed by atoms with Gasteiger partial charge in [-0.3, -0.25) is 4.79 Å². The lowest BCUT2D eigenvalue weighted by atomic mass is 10.2. The van der Waals surface area contributed by atoms with Crippen molar-refractivity contribution in [1.82, 2.24) is 0 Å². The number of anilines is 1. The highest BCUT2D eigenvalue weighted by Crippen LogP contribution is 2.32. The molecule has 0 spiro atoms. The molecule has 1 aliphatic rings. The molecule has 1 amide bonds. The lowest BCUT2D eigenvalue weighted by Gasteiger charge is -2.15. The number of nitrogens with one attached hydrogen (secondary N) is 2. The molecule has 1 unspecified atom stereocenters. The van der Waals surface area contributed by atoms with Gasteiger partial charge in [0.25, 0.3) is 5.91 Å². The first-order valence-electron chi connectivity index (χ1n) is 8.30. The van der Waals surface area contributed by atoms with Crippen LogP contribution in [0.5, 0.6) is 23.0 Å². The summed E-state index contributed by atoms with van der Waals surface area (Å²) in [5.74, 6) is 2.64. The Morgan fingerprint density at radius 2 is 1.85 bits per heavy atom. The van der Waals surface area contributed by atoms with Crippen LogP contribution in [0.15, 0.2) is 36.4 Å². The van der Waals surface area contributed by atoms with Gasteiger partial charge in [-0.25, -0.2) is 0 Å². The van der Waals surface area contributed by atoms with Crippen LogP contribution in [0.2, 0.25) is 0 Å². The van der Waals surface area contributed by atoms with E-state index in [2.05, 4.69) is 5.32 Å². The fourth-order valence-corrected chi connectivity index (χ4v) is 2.86. The standard InChI is InChI=1S/C19H22N2O5/c1-21(10-13-4-6-16-18(8-13)26-12-25-16)11-19(22)20-14-5-7-15(23-2)17(9-14)24-3/h4-9H,10-12H2,1-3H3,(H,20,22)/p+1. The Kier molecular flexibility index (Phi) is 5.48. The topological polar surface area (TPSA) is 70.5 Å². The summed E-state index contributed by atoms with van der Waals surface area (Å²) in [6.07, 6.45) is 0. The van der Waals surface area contributed by atoms with Gasteiger partial charge >= 0.3 is 0 Å². The number of ether oxygens (including phenoxy) is 4. The number of methoxy groups -OCH3 is 2. The molecular weight excluding hydrogens is 336 g/mol. The third-order valence-electron chi connectivity index (χ3n) is 4.07. The van der Waals surface area contributed by atoms with E-state index in [1.165, 1.54) is 0 Å². The summed E-state index contributed by atoms with van der Waals surface area (Å²) < 4.78 is 21.2. The number of hydrogen-bond donors (Lipinski definition) is 2. The highest BCUT2D eigenvalue weighted by molar-refractivity contribution is 5.91. The van der Waals surface area contributed by atoms with E-state index < -0.39 is 0 Å². The number of carbonyl (C=O) groups excluding carboxylic acids is 1. The Labute approximate surface area is 152 Å². The van der Waals surface area contributed by atoms with Crippen molar-refractivity contribution in [2.45, 2.75) is 6.54 Å². The quantitative estimate of drug-likeness (QED) is 0.774. The average molecular weight is 359 g/mol. The van der Waals surface area contributed by atoms with Crippen LogP contribution in [0.3, 0.4) is 0 Å².